The summed E-state index contributed by atoms with van der Waals surface area (Å²) >= 11 is 6.17. The number of nitrogens with zero attached hydrogens (tertiary/aromatic N) is 2. The van der Waals surface area contributed by atoms with Gasteiger partial charge in [0, 0.05) is 32.7 Å². The Balaban J connectivity index is 2.10. The van der Waals surface area contributed by atoms with Gasteiger partial charge in [-0.2, -0.15) is 0 Å². The van der Waals surface area contributed by atoms with Gasteiger partial charge in [0.1, 0.15) is 0 Å². The lowest BCUT2D eigenvalue weighted by Crippen LogP contribution is -2.05. The van der Waals surface area contributed by atoms with Crippen LogP contribution in [0.2, 0.25) is 5.02 Å². The Bertz CT molecular complexity index is 539. The summed E-state index contributed by atoms with van der Waals surface area (Å²) in [6.07, 6.45) is 4.67. The van der Waals surface area contributed by atoms with Crippen LogP contribution in [0, 0.1) is 6.92 Å². The first kappa shape index (κ1) is 13.9. The van der Waals surface area contributed by atoms with E-state index >= 15 is 0 Å². The highest BCUT2D eigenvalue weighted by Gasteiger charge is 2.06. The summed E-state index contributed by atoms with van der Waals surface area (Å²) in [7, 11) is 1.71. The predicted octanol–water partition coefficient (Wildman–Crippen LogP) is 3.63. The van der Waals surface area contributed by atoms with Crippen LogP contribution in [0.4, 0.5) is 11.6 Å². The lowest BCUT2D eigenvalue weighted by molar-refractivity contribution is 0.190. The van der Waals surface area contributed by atoms with Crippen molar-refractivity contribution in [2.75, 3.05) is 19.0 Å². The standard InChI is InChI=1S/C14H18ClN3O/c1-11-4-5-12(15)13(10-11)17-14-16-6-8-18(14)7-3-9-19-2/h4-6,8,10H,3,7,9H2,1-2H3,(H,16,17). The lowest BCUT2D eigenvalue weighted by atomic mass is 10.2. The molecule has 0 saturated carbocycles. The fraction of sp³-hybridized carbons (Fsp3) is 0.357. The van der Waals surface area contributed by atoms with Crippen molar-refractivity contribution in [1.29, 1.82) is 0 Å². The molecule has 0 atom stereocenters. The Morgan fingerprint density at radius 2 is 2.26 bits per heavy atom. The van der Waals surface area contributed by atoms with E-state index in [1.54, 1.807) is 13.3 Å². The van der Waals surface area contributed by atoms with Gasteiger partial charge in [-0.1, -0.05) is 17.7 Å². The SMILES string of the molecule is COCCCn1ccnc1Nc1cc(C)ccc1Cl. The van der Waals surface area contributed by atoms with Gasteiger partial charge in [-0.15, -0.1) is 0 Å². The molecule has 102 valence electrons. The molecule has 2 aromatic rings. The Morgan fingerprint density at radius 1 is 1.42 bits per heavy atom. The molecule has 0 radical (unpaired) electrons. The van der Waals surface area contributed by atoms with Crippen molar-refractivity contribution in [3.63, 3.8) is 0 Å². The van der Waals surface area contributed by atoms with Gasteiger partial charge in [0.05, 0.1) is 10.7 Å². The highest BCUT2D eigenvalue weighted by Crippen LogP contribution is 2.25. The topological polar surface area (TPSA) is 39.1 Å². The zero-order chi connectivity index (χ0) is 13.7. The van der Waals surface area contributed by atoms with Gasteiger partial charge in [-0.05, 0) is 31.0 Å². The number of nitrogens with one attached hydrogen (secondary N) is 1. The summed E-state index contributed by atoms with van der Waals surface area (Å²) in [5.74, 6) is 0.795. The van der Waals surface area contributed by atoms with E-state index in [-0.39, 0.29) is 0 Å². The largest absolute Gasteiger partial charge is 0.385 e. The maximum atomic E-state index is 6.17. The third-order valence-corrected chi connectivity index (χ3v) is 3.16. The predicted molar refractivity (Wildman–Crippen MR) is 78.2 cm³/mol. The van der Waals surface area contributed by atoms with Gasteiger partial charge >= 0.3 is 0 Å². The molecule has 0 aliphatic carbocycles. The second-order valence-electron chi connectivity index (χ2n) is 4.40. The van der Waals surface area contributed by atoms with Crippen molar-refractivity contribution in [1.82, 2.24) is 9.55 Å². The highest BCUT2D eigenvalue weighted by molar-refractivity contribution is 6.33. The summed E-state index contributed by atoms with van der Waals surface area (Å²) < 4.78 is 7.11. The molecule has 0 bridgehead atoms. The van der Waals surface area contributed by atoms with Gasteiger partial charge in [0.15, 0.2) is 0 Å². The number of aromatic nitrogens is 2. The smallest absolute Gasteiger partial charge is 0.207 e. The van der Waals surface area contributed by atoms with Crippen molar-refractivity contribution in [2.45, 2.75) is 19.9 Å². The Kier molecular flexibility index (Phi) is 4.82. The van der Waals surface area contributed by atoms with E-state index in [9.17, 15) is 0 Å². The van der Waals surface area contributed by atoms with Crippen LogP contribution in [0.15, 0.2) is 30.6 Å². The number of halogens is 1. The van der Waals surface area contributed by atoms with Crippen LogP contribution < -0.4 is 5.32 Å². The first-order chi connectivity index (χ1) is 9.20. The summed E-state index contributed by atoms with van der Waals surface area (Å²) in [5.41, 5.74) is 2.03. The molecule has 1 aromatic carbocycles. The molecule has 19 heavy (non-hydrogen) atoms. The molecular weight excluding hydrogens is 262 g/mol. The van der Waals surface area contributed by atoms with Crippen LogP contribution in [-0.2, 0) is 11.3 Å². The van der Waals surface area contributed by atoms with E-state index < -0.39 is 0 Å². The third-order valence-electron chi connectivity index (χ3n) is 2.83. The second kappa shape index (κ2) is 6.59. The minimum absolute atomic E-state index is 0.692. The fourth-order valence-corrected chi connectivity index (χ4v) is 2.01. The van der Waals surface area contributed by atoms with Crippen LogP contribution in [0.5, 0.6) is 0 Å². The van der Waals surface area contributed by atoms with Gasteiger partial charge in [0.2, 0.25) is 5.95 Å². The number of hydrogen-bond acceptors (Lipinski definition) is 3. The Morgan fingerprint density at radius 3 is 3.05 bits per heavy atom. The van der Waals surface area contributed by atoms with E-state index in [1.165, 1.54) is 0 Å². The van der Waals surface area contributed by atoms with Crippen molar-refractivity contribution in [3.8, 4) is 0 Å². The summed E-state index contributed by atoms with van der Waals surface area (Å²) in [5, 5.41) is 3.96. The van der Waals surface area contributed by atoms with Crippen molar-refractivity contribution < 1.29 is 4.74 Å². The van der Waals surface area contributed by atoms with Crippen LogP contribution >= 0.6 is 11.6 Å². The normalized spacial score (nSPS) is 10.7. The maximum Gasteiger partial charge on any atom is 0.207 e. The second-order valence-corrected chi connectivity index (χ2v) is 4.81. The first-order valence-corrected chi connectivity index (χ1v) is 6.62. The molecular formula is C14H18ClN3O. The molecule has 0 unspecified atom stereocenters. The van der Waals surface area contributed by atoms with Crippen LogP contribution in [0.1, 0.15) is 12.0 Å². The molecule has 1 N–H and O–H groups in total. The monoisotopic (exact) mass is 279 g/mol. The number of benzene rings is 1. The van der Waals surface area contributed by atoms with E-state index in [0.717, 1.165) is 36.8 Å². The zero-order valence-corrected chi connectivity index (χ0v) is 11.9. The minimum Gasteiger partial charge on any atom is -0.385 e. The van der Waals surface area contributed by atoms with Gasteiger partial charge in [-0.25, -0.2) is 4.98 Å². The zero-order valence-electron chi connectivity index (χ0n) is 11.2. The molecule has 4 nitrogen and oxygen atoms in total. The number of methoxy groups -OCH3 is 1. The molecule has 0 fully saturated rings. The number of rotatable bonds is 6. The Hall–Kier alpha value is -1.52. The third kappa shape index (κ3) is 3.72. The molecule has 0 aliphatic rings. The number of anilines is 2. The maximum absolute atomic E-state index is 6.17. The van der Waals surface area contributed by atoms with Crippen LogP contribution in [0.3, 0.4) is 0 Å². The fourth-order valence-electron chi connectivity index (χ4n) is 1.85. The van der Waals surface area contributed by atoms with Crippen molar-refractivity contribution in [3.05, 3.63) is 41.2 Å². The molecule has 5 heteroatoms. The van der Waals surface area contributed by atoms with Crippen molar-refractivity contribution in [2.24, 2.45) is 0 Å². The summed E-state index contributed by atoms with van der Waals surface area (Å²) in [6.45, 7) is 3.63. The quantitative estimate of drug-likeness (QED) is 0.821. The molecule has 1 heterocycles. The highest BCUT2D eigenvalue weighted by atomic mass is 35.5. The molecule has 1 aromatic heterocycles. The number of imidazole rings is 1. The molecule has 0 aliphatic heterocycles. The lowest BCUT2D eigenvalue weighted by Gasteiger charge is -2.11. The van der Waals surface area contributed by atoms with Crippen molar-refractivity contribution >= 4 is 23.2 Å². The van der Waals surface area contributed by atoms with E-state index in [1.807, 2.05) is 31.3 Å². The first-order valence-electron chi connectivity index (χ1n) is 6.24. The van der Waals surface area contributed by atoms with E-state index in [4.69, 9.17) is 16.3 Å². The summed E-state index contributed by atoms with van der Waals surface area (Å²) in [4.78, 5) is 4.31. The molecule has 0 spiro atoms. The van der Waals surface area contributed by atoms with Gasteiger partial charge in [0.25, 0.3) is 0 Å². The number of ether oxygens (including phenoxy) is 1. The molecule has 0 saturated heterocycles. The van der Waals surface area contributed by atoms with Crippen LogP contribution in [-0.4, -0.2) is 23.3 Å². The molecule has 2 rings (SSSR count). The van der Waals surface area contributed by atoms with Crippen LogP contribution in [0.25, 0.3) is 0 Å². The number of aryl methyl sites for hydroxylation is 2. The van der Waals surface area contributed by atoms with E-state index in [2.05, 4.69) is 14.9 Å². The van der Waals surface area contributed by atoms with Gasteiger partial charge in [-0.3, -0.25) is 0 Å². The van der Waals surface area contributed by atoms with Gasteiger partial charge < -0.3 is 14.6 Å². The minimum atomic E-state index is 0.692. The molecule has 0 amide bonds. The Labute approximate surface area is 118 Å². The number of hydrogen-bond donors (Lipinski definition) is 1. The van der Waals surface area contributed by atoms with E-state index in [0.29, 0.717) is 5.02 Å². The average molecular weight is 280 g/mol. The average Bonchev–Trinajstić information content (AvgIpc) is 2.82. The summed E-state index contributed by atoms with van der Waals surface area (Å²) in [6, 6.07) is 5.88.